The molecule has 3 N–H and O–H groups in total. The Kier molecular flexibility index (Phi) is 4.75. The molecule has 23 heavy (non-hydrogen) atoms. The molecule has 0 saturated carbocycles. The van der Waals surface area contributed by atoms with Crippen LogP contribution in [0.3, 0.4) is 0 Å². The van der Waals surface area contributed by atoms with E-state index in [0.29, 0.717) is 5.82 Å². The molecular weight excluding hydrogens is 292 g/mol. The molecule has 0 aromatic carbocycles. The zero-order chi connectivity index (χ0) is 17.3. The average Bonchev–Trinajstić information content (AvgIpc) is 2.34. The van der Waals surface area contributed by atoms with Crippen molar-refractivity contribution in [3.05, 3.63) is 23.9 Å². The summed E-state index contributed by atoms with van der Waals surface area (Å²) in [6.07, 6.45) is 3.15. The molecule has 126 valence electrons. The van der Waals surface area contributed by atoms with Gasteiger partial charge in [-0.15, -0.1) is 0 Å². The van der Waals surface area contributed by atoms with Gasteiger partial charge >= 0.3 is 11.8 Å². The largest absolute Gasteiger partial charge is 0.345 e. The number of nitrogens with zero attached hydrogens (tertiary/aromatic N) is 1. The first-order valence-electron chi connectivity index (χ1n) is 7.90. The number of pyridine rings is 1. The van der Waals surface area contributed by atoms with E-state index in [1.54, 1.807) is 12.3 Å². The minimum Gasteiger partial charge on any atom is -0.345 e. The lowest BCUT2D eigenvalue weighted by Crippen LogP contribution is -2.62. The van der Waals surface area contributed by atoms with Crippen LogP contribution in [0.1, 0.15) is 46.1 Å². The standard InChI is InChI=1S/C17H26N4O2/c1-11-6-7-18-13(8-11)20-15(23)14(22)19-12-9-16(2,3)21-17(4,5)10-12/h6-8,12,21H,9-10H2,1-5H3,(H,19,22)(H,18,20,23). The lowest BCUT2D eigenvalue weighted by Gasteiger charge is -2.46. The first-order valence-corrected chi connectivity index (χ1v) is 7.90. The smallest absolute Gasteiger partial charge is 0.314 e. The van der Waals surface area contributed by atoms with E-state index in [1.165, 1.54) is 0 Å². The maximum absolute atomic E-state index is 12.2. The van der Waals surface area contributed by atoms with Gasteiger partial charge in [-0.25, -0.2) is 4.98 Å². The van der Waals surface area contributed by atoms with E-state index < -0.39 is 11.8 Å². The second-order valence-electron chi connectivity index (χ2n) is 7.64. The monoisotopic (exact) mass is 318 g/mol. The minimum atomic E-state index is -0.683. The normalized spacial score (nSPS) is 19.9. The third kappa shape index (κ3) is 5.03. The Morgan fingerprint density at radius 2 is 1.78 bits per heavy atom. The molecule has 1 fully saturated rings. The Morgan fingerprint density at radius 3 is 2.35 bits per heavy atom. The third-order valence-corrected chi connectivity index (χ3v) is 3.89. The second kappa shape index (κ2) is 6.28. The van der Waals surface area contributed by atoms with E-state index in [1.807, 2.05) is 13.0 Å². The van der Waals surface area contributed by atoms with Gasteiger partial charge in [0.05, 0.1) is 0 Å². The fourth-order valence-electron chi connectivity index (χ4n) is 3.45. The summed E-state index contributed by atoms with van der Waals surface area (Å²) >= 11 is 0. The molecular formula is C17H26N4O2. The first kappa shape index (κ1) is 17.4. The van der Waals surface area contributed by atoms with Crippen LogP contribution in [0.2, 0.25) is 0 Å². The molecule has 2 amide bonds. The summed E-state index contributed by atoms with van der Waals surface area (Å²) in [5.41, 5.74) is 0.792. The fourth-order valence-corrected chi connectivity index (χ4v) is 3.45. The highest BCUT2D eigenvalue weighted by molar-refractivity contribution is 6.39. The summed E-state index contributed by atoms with van der Waals surface area (Å²) in [5.74, 6) is -0.917. The van der Waals surface area contributed by atoms with Crippen molar-refractivity contribution >= 4 is 17.6 Å². The molecule has 0 spiro atoms. The fraction of sp³-hybridized carbons (Fsp3) is 0.588. The molecule has 0 unspecified atom stereocenters. The summed E-state index contributed by atoms with van der Waals surface area (Å²) in [4.78, 5) is 28.2. The third-order valence-electron chi connectivity index (χ3n) is 3.89. The number of anilines is 1. The van der Waals surface area contributed by atoms with Gasteiger partial charge in [-0.05, 0) is 65.2 Å². The van der Waals surface area contributed by atoms with E-state index in [-0.39, 0.29) is 17.1 Å². The number of rotatable bonds is 2. The van der Waals surface area contributed by atoms with Crippen LogP contribution < -0.4 is 16.0 Å². The number of aryl methyl sites for hydroxylation is 1. The van der Waals surface area contributed by atoms with Gasteiger partial charge in [0.2, 0.25) is 0 Å². The lowest BCUT2D eigenvalue weighted by molar-refractivity contribution is -0.137. The van der Waals surface area contributed by atoms with E-state index in [2.05, 4.69) is 48.6 Å². The molecule has 0 atom stereocenters. The summed E-state index contributed by atoms with van der Waals surface area (Å²) < 4.78 is 0. The molecule has 0 aliphatic carbocycles. The number of amides is 2. The molecule has 1 aliphatic heterocycles. The van der Waals surface area contributed by atoms with Gasteiger partial charge in [0.1, 0.15) is 5.82 Å². The van der Waals surface area contributed by atoms with Gasteiger partial charge in [0.25, 0.3) is 0 Å². The number of nitrogens with one attached hydrogen (secondary N) is 3. The zero-order valence-corrected chi connectivity index (χ0v) is 14.5. The van der Waals surface area contributed by atoms with Crippen molar-refractivity contribution in [1.82, 2.24) is 15.6 Å². The van der Waals surface area contributed by atoms with Gasteiger partial charge in [-0.2, -0.15) is 0 Å². The summed E-state index contributed by atoms with van der Waals surface area (Å²) in [7, 11) is 0. The minimum absolute atomic E-state index is 0.0371. The lowest BCUT2D eigenvalue weighted by atomic mass is 9.79. The molecule has 6 heteroatoms. The van der Waals surface area contributed by atoms with Crippen LogP contribution in [-0.2, 0) is 9.59 Å². The number of piperidine rings is 1. The highest BCUT2D eigenvalue weighted by Gasteiger charge is 2.38. The molecule has 1 aromatic rings. The Morgan fingerprint density at radius 1 is 1.17 bits per heavy atom. The SMILES string of the molecule is Cc1ccnc(NC(=O)C(=O)NC2CC(C)(C)NC(C)(C)C2)c1. The van der Waals surface area contributed by atoms with Crippen molar-refractivity contribution in [3.8, 4) is 0 Å². The predicted octanol–water partition coefficient (Wildman–Crippen LogP) is 1.75. The number of aromatic nitrogens is 1. The van der Waals surface area contributed by atoms with Crippen molar-refractivity contribution in [2.45, 2.75) is 64.6 Å². The van der Waals surface area contributed by atoms with Crippen LogP contribution in [0.15, 0.2) is 18.3 Å². The van der Waals surface area contributed by atoms with Crippen molar-refractivity contribution in [2.75, 3.05) is 5.32 Å². The highest BCUT2D eigenvalue weighted by atomic mass is 16.2. The van der Waals surface area contributed by atoms with Gasteiger partial charge in [0, 0.05) is 23.3 Å². The van der Waals surface area contributed by atoms with Crippen molar-refractivity contribution in [2.24, 2.45) is 0 Å². The molecule has 6 nitrogen and oxygen atoms in total. The molecule has 1 aromatic heterocycles. The average molecular weight is 318 g/mol. The molecule has 0 radical (unpaired) electrons. The predicted molar refractivity (Wildman–Crippen MR) is 90.1 cm³/mol. The first-order chi connectivity index (χ1) is 10.6. The topological polar surface area (TPSA) is 83.1 Å². The van der Waals surface area contributed by atoms with Crippen LogP contribution in [0.4, 0.5) is 5.82 Å². The van der Waals surface area contributed by atoms with Crippen LogP contribution >= 0.6 is 0 Å². The zero-order valence-electron chi connectivity index (χ0n) is 14.5. The summed E-state index contributed by atoms with van der Waals surface area (Å²) in [6, 6.07) is 3.52. The molecule has 2 heterocycles. The maximum Gasteiger partial charge on any atom is 0.314 e. The van der Waals surface area contributed by atoms with E-state index in [4.69, 9.17) is 0 Å². The van der Waals surface area contributed by atoms with Gasteiger partial charge in [-0.1, -0.05) is 0 Å². The van der Waals surface area contributed by atoms with Crippen LogP contribution in [0.25, 0.3) is 0 Å². The van der Waals surface area contributed by atoms with Crippen LogP contribution in [0.5, 0.6) is 0 Å². The van der Waals surface area contributed by atoms with Crippen molar-refractivity contribution < 1.29 is 9.59 Å². The quantitative estimate of drug-likeness (QED) is 0.726. The number of carbonyl (C=O) groups excluding carboxylic acids is 2. The van der Waals surface area contributed by atoms with E-state index in [0.717, 1.165) is 18.4 Å². The molecule has 1 saturated heterocycles. The van der Waals surface area contributed by atoms with Gasteiger partial charge in [0.15, 0.2) is 0 Å². The Balaban J connectivity index is 1.97. The Hall–Kier alpha value is -1.95. The molecule has 2 rings (SSSR count). The molecule has 0 bridgehead atoms. The number of hydrogen-bond donors (Lipinski definition) is 3. The van der Waals surface area contributed by atoms with Crippen LogP contribution in [0, 0.1) is 6.92 Å². The van der Waals surface area contributed by atoms with Gasteiger partial charge in [-0.3, -0.25) is 9.59 Å². The maximum atomic E-state index is 12.2. The highest BCUT2D eigenvalue weighted by Crippen LogP contribution is 2.28. The second-order valence-corrected chi connectivity index (χ2v) is 7.64. The number of carbonyl (C=O) groups is 2. The van der Waals surface area contributed by atoms with E-state index >= 15 is 0 Å². The summed E-state index contributed by atoms with van der Waals surface area (Å²) in [6.45, 7) is 10.3. The Labute approximate surface area is 137 Å². The Bertz CT molecular complexity index is 594. The van der Waals surface area contributed by atoms with Crippen molar-refractivity contribution in [1.29, 1.82) is 0 Å². The van der Waals surface area contributed by atoms with E-state index in [9.17, 15) is 9.59 Å². The number of hydrogen-bond acceptors (Lipinski definition) is 4. The van der Waals surface area contributed by atoms with Crippen LogP contribution in [-0.4, -0.2) is 33.9 Å². The molecule has 1 aliphatic rings. The van der Waals surface area contributed by atoms with Gasteiger partial charge < -0.3 is 16.0 Å². The summed E-state index contributed by atoms with van der Waals surface area (Å²) in [5, 5.41) is 8.93. The van der Waals surface area contributed by atoms with Crippen molar-refractivity contribution in [3.63, 3.8) is 0 Å².